The highest BCUT2D eigenvalue weighted by Crippen LogP contribution is 2.25. The number of amides is 1. The van der Waals surface area contributed by atoms with Crippen molar-refractivity contribution in [3.63, 3.8) is 0 Å². The highest BCUT2D eigenvalue weighted by molar-refractivity contribution is 9.10. The lowest BCUT2D eigenvalue weighted by molar-refractivity contribution is -0.114. The number of sulfonamides is 1. The van der Waals surface area contributed by atoms with Crippen molar-refractivity contribution in [1.82, 2.24) is 0 Å². The van der Waals surface area contributed by atoms with Crippen molar-refractivity contribution < 1.29 is 13.2 Å². The monoisotopic (exact) mass is 424 g/mol. The van der Waals surface area contributed by atoms with Crippen molar-refractivity contribution in [2.75, 3.05) is 22.4 Å². The van der Waals surface area contributed by atoms with E-state index in [-0.39, 0.29) is 6.54 Å². The number of carbonyl (C=O) groups is 1. The standard InChI is InChI=1S/C18H21BrN2O3S/c1-12-6-5-7-17(14(12)3)21(25(4,23)24)11-18(22)20-15-8-9-16(19)13(2)10-15/h5-10H,11H2,1-4H3,(H,20,22). The quantitative estimate of drug-likeness (QED) is 0.793. The molecule has 0 spiro atoms. The minimum Gasteiger partial charge on any atom is -0.325 e. The second kappa shape index (κ2) is 7.58. The molecule has 0 saturated carbocycles. The number of rotatable bonds is 5. The summed E-state index contributed by atoms with van der Waals surface area (Å²) >= 11 is 3.41. The summed E-state index contributed by atoms with van der Waals surface area (Å²) in [6.07, 6.45) is 1.10. The Bertz CT molecular complexity index is 911. The molecular formula is C18H21BrN2O3S. The van der Waals surface area contributed by atoms with Gasteiger partial charge in [-0.1, -0.05) is 28.1 Å². The summed E-state index contributed by atoms with van der Waals surface area (Å²) in [5, 5.41) is 2.75. The van der Waals surface area contributed by atoms with Crippen LogP contribution in [0.5, 0.6) is 0 Å². The average Bonchev–Trinajstić information content (AvgIpc) is 2.51. The molecule has 5 nitrogen and oxygen atoms in total. The molecule has 0 radical (unpaired) electrons. The Morgan fingerprint density at radius 1 is 1.12 bits per heavy atom. The van der Waals surface area contributed by atoms with Gasteiger partial charge in [0.2, 0.25) is 15.9 Å². The second-order valence-electron chi connectivity index (χ2n) is 6.00. The normalized spacial score (nSPS) is 11.2. The molecule has 0 bridgehead atoms. The van der Waals surface area contributed by atoms with Crippen LogP contribution in [0.4, 0.5) is 11.4 Å². The summed E-state index contributed by atoms with van der Waals surface area (Å²) in [5.41, 5.74) is 3.92. The number of hydrogen-bond acceptors (Lipinski definition) is 3. The molecule has 2 aromatic rings. The number of anilines is 2. The predicted molar refractivity (Wildman–Crippen MR) is 106 cm³/mol. The van der Waals surface area contributed by atoms with Crippen molar-refractivity contribution in [3.8, 4) is 0 Å². The maximum absolute atomic E-state index is 12.4. The minimum absolute atomic E-state index is 0.280. The van der Waals surface area contributed by atoms with Crippen molar-refractivity contribution in [1.29, 1.82) is 0 Å². The Morgan fingerprint density at radius 2 is 1.80 bits per heavy atom. The van der Waals surface area contributed by atoms with Gasteiger partial charge in [-0.25, -0.2) is 8.42 Å². The van der Waals surface area contributed by atoms with Crippen LogP contribution in [-0.2, 0) is 14.8 Å². The molecule has 1 N–H and O–H groups in total. The molecule has 0 atom stereocenters. The Kier molecular flexibility index (Phi) is 5.90. The van der Waals surface area contributed by atoms with Gasteiger partial charge in [-0.15, -0.1) is 0 Å². The van der Waals surface area contributed by atoms with Crippen LogP contribution in [0.2, 0.25) is 0 Å². The van der Waals surface area contributed by atoms with E-state index in [1.54, 1.807) is 18.2 Å². The number of aryl methyl sites for hydroxylation is 2. The van der Waals surface area contributed by atoms with E-state index in [4.69, 9.17) is 0 Å². The molecule has 0 fully saturated rings. The van der Waals surface area contributed by atoms with Crippen LogP contribution < -0.4 is 9.62 Å². The van der Waals surface area contributed by atoms with Gasteiger partial charge in [-0.3, -0.25) is 9.10 Å². The van der Waals surface area contributed by atoms with Crippen molar-refractivity contribution in [2.45, 2.75) is 20.8 Å². The number of hydrogen-bond donors (Lipinski definition) is 1. The zero-order chi connectivity index (χ0) is 18.8. The van der Waals surface area contributed by atoms with Crippen LogP contribution in [0.3, 0.4) is 0 Å². The first-order valence-corrected chi connectivity index (χ1v) is 10.3. The smallest absolute Gasteiger partial charge is 0.245 e. The van der Waals surface area contributed by atoms with Crippen LogP contribution in [0.15, 0.2) is 40.9 Å². The van der Waals surface area contributed by atoms with E-state index in [1.807, 2.05) is 39.0 Å². The van der Waals surface area contributed by atoms with Gasteiger partial charge in [0, 0.05) is 10.2 Å². The van der Waals surface area contributed by atoms with Crippen molar-refractivity contribution in [2.24, 2.45) is 0 Å². The molecule has 0 saturated heterocycles. The molecule has 2 rings (SSSR count). The highest BCUT2D eigenvalue weighted by atomic mass is 79.9. The van der Waals surface area contributed by atoms with E-state index in [2.05, 4.69) is 21.2 Å². The van der Waals surface area contributed by atoms with E-state index in [0.29, 0.717) is 11.4 Å². The van der Waals surface area contributed by atoms with Gasteiger partial charge in [-0.2, -0.15) is 0 Å². The molecular weight excluding hydrogens is 404 g/mol. The number of halogens is 1. The van der Waals surface area contributed by atoms with Crippen LogP contribution in [0.25, 0.3) is 0 Å². The zero-order valence-electron chi connectivity index (χ0n) is 14.6. The van der Waals surface area contributed by atoms with Crippen LogP contribution >= 0.6 is 15.9 Å². The molecule has 25 heavy (non-hydrogen) atoms. The van der Waals surface area contributed by atoms with Crippen molar-refractivity contribution in [3.05, 3.63) is 57.6 Å². The van der Waals surface area contributed by atoms with Gasteiger partial charge >= 0.3 is 0 Å². The highest BCUT2D eigenvalue weighted by Gasteiger charge is 2.22. The lowest BCUT2D eigenvalue weighted by atomic mass is 10.1. The molecule has 0 aromatic heterocycles. The van der Waals surface area contributed by atoms with Crippen LogP contribution in [0.1, 0.15) is 16.7 Å². The summed E-state index contributed by atoms with van der Waals surface area (Å²) in [7, 11) is -3.59. The van der Waals surface area contributed by atoms with Gasteiger partial charge in [0.15, 0.2) is 0 Å². The van der Waals surface area contributed by atoms with E-state index < -0.39 is 15.9 Å². The Morgan fingerprint density at radius 3 is 2.40 bits per heavy atom. The van der Waals surface area contributed by atoms with Gasteiger partial charge in [0.1, 0.15) is 6.54 Å². The van der Waals surface area contributed by atoms with Crippen LogP contribution in [-0.4, -0.2) is 27.1 Å². The number of benzene rings is 2. The minimum atomic E-state index is -3.59. The first kappa shape index (κ1) is 19.5. The largest absolute Gasteiger partial charge is 0.325 e. The summed E-state index contributed by atoms with van der Waals surface area (Å²) in [6, 6.07) is 10.8. The first-order valence-electron chi connectivity index (χ1n) is 7.69. The third-order valence-electron chi connectivity index (χ3n) is 3.97. The Labute approximate surface area is 157 Å². The summed E-state index contributed by atoms with van der Waals surface area (Å²) in [4.78, 5) is 12.4. The van der Waals surface area contributed by atoms with Gasteiger partial charge in [-0.05, 0) is 61.7 Å². The third kappa shape index (κ3) is 4.83. The molecule has 1 amide bonds. The Hall–Kier alpha value is -1.86. The Balaban J connectivity index is 2.27. The number of nitrogens with one attached hydrogen (secondary N) is 1. The fourth-order valence-electron chi connectivity index (χ4n) is 2.44. The van der Waals surface area contributed by atoms with Gasteiger partial charge in [0.05, 0.1) is 11.9 Å². The molecule has 0 aliphatic heterocycles. The average molecular weight is 425 g/mol. The molecule has 2 aromatic carbocycles. The summed E-state index contributed by atoms with van der Waals surface area (Å²) < 4.78 is 26.5. The topological polar surface area (TPSA) is 66.5 Å². The molecule has 0 heterocycles. The maximum atomic E-state index is 12.4. The zero-order valence-corrected chi connectivity index (χ0v) is 17.0. The molecule has 134 valence electrons. The fraction of sp³-hybridized carbons (Fsp3) is 0.278. The SMILES string of the molecule is Cc1cc(NC(=O)CN(c2cccc(C)c2C)S(C)(=O)=O)ccc1Br. The fourth-order valence-corrected chi connectivity index (χ4v) is 3.59. The van der Waals surface area contributed by atoms with E-state index in [9.17, 15) is 13.2 Å². The number of nitrogens with zero attached hydrogens (tertiary/aromatic N) is 1. The van der Waals surface area contributed by atoms with Crippen LogP contribution in [0, 0.1) is 20.8 Å². The predicted octanol–water partition coefficient (Wildman–Crippen LogP) is 3.78. The van der Waals surface area contributed by atoms with E-state index in [0.717, 1.165) is 31.7 Å². The van der Waals surface area contributed by atoms with Gasteiger partial charge < -0.3 is 5.32 Å². The first-order chi connectivity index (χ1) is 11.6. The summed E-state index contributed by atoms with van der Waals surface area (Å²) in [5.74, 6) is -0.395. The molecule has 7 heteroatoms. The van der Waals surface area contributed by atoms with E-state index >= 15 is 0 Å². The maximum Gasteiger partial charge on any atom is 0.245 e. The second-order valence-corrected chi connectivity index (χ2v) is 8.76. The van der Waals surface area contributed by atoms with Crippen molar-refractivity contribution >= 4 is 43.2 Å². The molecule has 0 unspecified atom stereocenters. The lowest BCUT2D eigenvalue weighted by Crippen LogP contribution is -2.38. The lowest BCUT2D eigenvalue weighted by Gasteiger charge is -2.24. The molecule has 0 aliphatic rings. The van der Waals surface area contributed by atoms with E-state index in [1.165, 1.54) is 0 Å². The number of carbonyl (C=O) groups excluding carboxylic acids is 1. The molecule has 0 aliphatic carbocycles. The summed E-state index contributed by atoms with van der Waals surface area (Å²) in [6.45, 7) is 5.39. The third-order valence-corrected chi connectivity index (χ3v) is 5.99. The van der Waals surface area contributed by atoms with Gasteiger partial charge in [0.25, 0.3) is 0 Å².